The molecule has 3 amide bonds. The van der Waals surface area contributed by atoms with Crippen molar-refractivity contribution in [1.29, 1.82) is 0 Å². The van der Waals surface area contributed by atoms with E-state index in [-0.39, 0.29) is 6.54 Å². The van der Waals surface area contributed by atoms with Gasteiger partial charge in [-0.15, -0.1) is 0 Å². The largest absolute Gasteiger partial charge is 0.329 e. The smallest absolute Gasteiger partial charge is 0.319 e. The zero-order chi connectivity index (χ0) is 17.9. The summed E-state index contributed by atoms with van der Waals surface area (Å²) < 4.78 is 12.7. The lowest BCUT2D eigenvalue weighted by molar-refractivity contribution is -0.120. The van der Waals surface area contributed by atoms with Crippen molar-refractivity contribution in [3.8, 4) is 0 Å². The minimum Gasteiger partial charge on any atom is -0.329 e. The number of hydrazone groups is 1. The highest BCUT2D eigenvalue weighted by Gasteiger charge is 2.04. The van der Waals surface area contributed by atoms with Crippen LogP contribution in [0.5, 0.6) is 0 Å². The van der Waals surface area contributed by atoms with E-state index in [0.717, 1.165) is 5.56 Å². The van der Waals surface area contributed by atoms with Crippen LogP contribution in [0.3, 0.4) is 0 Å². The maximum atomic E-state index is 12.7. The molecule has 0 aromatic heterocycles. The first kappa shape index (κ1) is 17.9. The third-order valence-electron chi connectivity index (χ3n) is 2.95. The molecule has 0 saturated carbocycles. The molecule has 0 aliphatic heterocycles. The highest BCUT2D eigenvalue weighted by atomic mass is 19.1. The molecule has 2 aromatic rings. The third-order valence-corrected chi connectivity index (χ3v) is 2.95. The number of urea groups is 1. The number of nitrogens with one attached hydrogen (secondary N) is 3. The van der Waals surface area contributed by atoms with Gasteiger partial charge in [0.15, 0.2) is 0 Å². The molecule has 0 fully saturated rings. The summed E-state index contributed by atoms with van der Waals surface area (Å²) in [6.45, 7) is -0.243. The van der Waals surface area contributed by atoms with E-state index >= 15 is 0 Å². The van der Waals surface area contributed by atoms with E-state index in [4.69, 9.17) is 0 Å². The van der Waals surface area contributed by atoms with Crippen LogP contribution in [-0.2, 0) is 4.79 Å². The number of anilines is 1. The molecule has 0 atom stereocenters. The molecule has 0 saturated heterocycles. The predicted molar refractivity (Wildman–Crippen MR) is 95.5 cm³/mol. The van der Waals surface area contributed by atoms with Crippen LogP contribution in [0, 0.1) is 5.82 Å². The van der Waals surface area contributed by atoms with Crippen molar-refractivity contribution >= 4 is 29.9 Å². The van der Waals surface area contributed by atoms with Gasteiger partial charge in [0, 0.05) is 11.9 Å². The Labute approximate surface area is 144 Å². The molecule has 7 heteroatoms. The predicted octanol–water partition coefficient (Wildman–Crippen LogP) is 2.76. The zero-order valence-electron chi connectivity index (χ0n) is 13.3. The molecule has 0 aliphatic rings. The van der Waals surface area contributed by atoms with Crippen molar-refractivity contribution in [3.63, 3.8) is 0 Å². The molecule has 0 radical (unpaired) electrons. The first-order valence-electron chi connectivity index (χ1n) is 7.47. The number of nitrogens with zero attached hydrogens (tertiary/aromatic N) is 1. The van der Waals surface area contributed by atoms with Gasteiger partial charge in [0.05, 0.1) is 0 Å². The summed E-state index contributed by atoms with van der Waals surface area (Å²) in [7, 11) is 0. The second kappa shape index (κ2) is 9.61. The Bertz CT molecular complexity index is 758. The van der Waals surface area contributed by atoms with E-state index in [1.807, 2.05) is 36.4 Å². The second-order valence-corrected chi connectivity index (χ2v) is 4.90. The zero-order valence-corrected chi connectivity index (χ0v) is 13.3. The number of allylic oxidation sites excluding steroid dienone is 1. The van der Waals surface area contributed by atoms with Gasteiger partial charge in [-0.3, -0.25) is 4.79 Å². The first-order valence-corrected chi connectivity index (χ1v) is 7.47. The van der Waals surface area contributed by atoms with Gasteiger partial charge in [0.2, 0.25) is 0 Å². The standard InChI is InChI=1S/C18H17FN4O2/c19-15-8-10-16(11-9-15)22-18(25)20-13-17(24)23-21-12-4-7-14-5-2-1-3-6-14/h1-12H,13H2,(H,23,24)(H2,20,22,25)/b7-4+,21-12+. The van der Waals surface area contributed by atoms with E-state index < -0.39 is 17.8 Å². The Morgan fingerprint density at radius 1 is 1.04 bits per heavy atom. The number of carbonyl (C=O) groups excluding carboxylic acids is 2. The van der Waals surface area contributed by atoms with Crippen LogP contribution in [0.1, 0.15) is 5.56 Å². The highest BCUT2D eigenvalue weighted by Crippen LogP contribution is 2.07. The molecule has 128 valence electrons. The summed E-state index contributed by atoms with van der Waals surface area (Å²) in [5.74, 6) is -0.872. The molecule has 0 heterocycles. The fourth-order valence-corrected chi connectivity index (χ4v) is 1.78. The Kier molecular flexibility index (Phi) is 6.87. The van der Waals surface area contributed by atoms with Crippen LogP contribution in [0.2, 0.25) is 0 Å². The summed E-state index contributed by atoms with van der Waals surface area (Å²) in [5.41, 5.74) is 3.72. The molecule has 0 spiro atoms. The molecule has 2 rings (SSSR count). The van der Waals surface area contributed by atoms with Gasteiger partial charge in [-0.25, -0.2) is 14.6 Å². The molecule has 2 aromatic carbocycles. The fourth-order valence-electron chi connectivity index (χ4n) is 1.78. The maximum absolute atomic E-state index is 12.7. The molecule has 0 aliphatic carbocycles. The van der Waals surface area contributed by atoms with Gasteiger partial charge in [-0.2, -0.15) is 5.10 Å². The highest BCUT2D eigenvalue weighted by molar-refractivity contribution is 5.92. The minimum absolute atomic E-state index is 0.243. The van der Waals surface area contributed by atoms with Crippen molar-refractivity contribution < 1.29 is 14.0 Å². The molecule has 0 unspecified atom stereocenters. The number of hydrogen-bond acceptors (Lipinski definition) is 3. The number of hydrogen-bond donors (Lipinski definition) is 3. The van der Waals surface area contributed by atoms with E-state index in [9.17, 15) is 14.0 Å². The summed E-state index contributed by atoms with van der Waals surface area (Å²) >= 11 is 0. The lowest BCUT2D eigenvalue weighted by atomic mass is 10.2. The third kappa shape index (κ3) is 7.08. The lowest BCUT2D eigenvalue weighted by Crippen LogP contribution is -2.37. The Morgan fingerprint density at radius 3 is 2.48 bits per heavy atom. The average molecular weight is 340 g/mol. The van der Waals surface area contributed by atoms with Gasteiger partial charge in [0.25, 0.3) is 5.91 Å². The maximum Gasteiger partial charge on any atom is 0.319 e. The molecular weight excluding hydrogens is 323 g/mol. The van der Waals surface area contributed by atoms with E-state index in [1.165, 1.54) is 30.5 Å². The Balaban J connectivity index is 1.66. The van der Waals surface area contributed by atoms with Crippen molar-refractivity contribution in [1.82, 2.24) is 10.7 Å². The molecule has 6 nitrogen and oxygen atoms in total. The van der Waals surface area contributed by atoms with E-state index in [2.05, 4.69) is 21.2 Å². The van der Waals surface area contributed by atoms with Crippen LogP contribution < -0.4 is 16.1 Å². The summed E-state index contributed by atoms with van der Waals surface area (Å²) in [5, 5.41) is 8.57. The van der Waals surface area contributed by atoms with Crippen LogP contribution in [0.4, 0.5) is 14.9 Å². The fraction of sp³-hybridized carbons (Fsp3) is 0.0556. The monoisotopic (exact) mass is 340 g/mol. The van der Waals surface area contributed by atoms with Crippen molar-refractivity contribution in [2.45, 2.75) is 0 Å². The van der Waals surface area contributed by atoms with Gasteiger partial charge < -0.3 is 10.6 Å². The van der Waals surface area contributed by atoms with Crippen molar-refractivity contribution in [3.05, 3.63) is 72.1 Å². The second-order valence-electron chi connectivity index (χ2n) is 4.90. The topological polar surface area (TPSA) is 82.6 Å². The summed E-state index contributed by atoms with van der Waals surface area (Å²) in [4.78, 5) is 23.1. The number of carbonyl (C=O) groups is 2. The number of benzene rings is 2. The summed E-state index contributed by atoms with van der Waals surface area (Å²) in [6.07, 6.45) is 4.96. The summed E-state index contributed by atoms with van der Waals surface area (Å²) in [6, 6.07) is 14.3. The lowest BCUT2D eigenvalue weighted by Gasteiger charge is -2.06. The molecule has 0 bridgehead atoms. The Morgan fingerprint density at radius 2 is 1.76 bits per heavy atom. The van der Waals surface area contributed by atoms with Crippen LogP contribution in [0.15, 0.2) is 65.8 Å². The Hall–Kier alpha value is -3.48. The van der Waals surface area contributed by atoms with E-state index in [1.54, 1.807) is 6.08 Å². The van der Waals surface area contributed by atoms with Gasteiger partial charge in [-0.1, -0.05) is 36.4 Å². The van der Waals surface area contributed by atoms with E-state index in [0.29, 0.717) is 5.69 Å². The average Bonchev–Trinajstić information content (AvgIpc) is 2.62. The normalized spacial score (nSPS) is 10.8. The SMILES string of the molecule is O=C(CNC(=O)Nc1ccc(F)cc1)N/N=C/C=C/c1ccccc1. The molecular formula is C18H17FN4O2. The van der Waals surface area contributed by atoms with Gasteiger partial charge in [-0.05, 0) is 35.9 Å². The van der Waals surface area contributed by atoms with Crippen LogP contribution >= 0.6 is 0 Å². The quantitative estimate of drug-likeness (QED) is 0.558. The number of halogens is 1. The van der Waals surface area contributed by atoms with Crippen molar-refractivity contribution in [2.24, 2.45) is 5.10 Å². The van der Waals surface area contributed by atoms with Gasteiger partial charge in [0.1, 0.15) is 12.4 Å². The number of rotatable bonds is 6. The van der Waals surface area contributed by atoms with Crippen LogP contribution in [0.25, 0.3) is 6.08 Å². The molecule has 3 N–H and O–H groups in total. The minimum atomic E-state index is -0.574. The van der Waals surface area contributed by atoms with Crippen LogP contribution in [-0.4, -0.2) is 24.7 Å². The van der Waals surface area contributed by atoms with Crippen molar-refractivity contribution in [2.75, 3.05) is 11.9 Å². The van der Waals surface area contributed by atoms with Gasteiger partial charge >= 0.3 is 6.03 Å². The molecule has 25 heavy (non-hydrogen) atoms. The first-order chi connectivity index (χ1) is 12.1. The number of amides is 3.